The highest BCUT2D eigenvalue weighted by atomic mass is 35.5. The standard InChI is InChI=1S/C23H28Cl3N3O4S/c1-5-15(2)27-23(31)16(3)28(13-19-20(25)7-6-8-21(19)26)22(30)14-29(34(4,32)33)18-11-9-17(24)10-12-18/h6-12,15-16H,5,13-14H2,1-4H3,(H,27,31)/t15-,16-/m1/s1. The maximum Gasteiger partial charge on any atom is 0.244 e. The number of rotatable bonds is 10. The van der Waals surface area contributed by atoms with Crippen LogP contribution in [-0.2, 0) is 26.2 Å². The molecule has 7 nitrogen and oxygen atoms in total. The fourth-order valence-corrected chi connectivity index (χ4v) is 4.62. The molecule has 1 N–H and O–H groups in total. The number of hydrogen-bond donors (Lipinski definition) is 1. The van der Waals surface area contributed by atoms with Gasteiger partial charge in [-0.05, 0) is 56.7 Å². The van der Waals surface area contributed by atoms with Crippen molar-refractivity contribution in [1.82, 2.24) is 10.2 Å². The molecule has 2 rings (SSSR count). The summed E-state index contributed by atoms with van der Waals surface area (Å²) in [6.07, 6.45) is 1.71. The van der Waals surface area contributed by atoms with Crippen molar-refractivity contribution in [3.63, 3.8) is 0 Å². The Morgan fingerprint density at radius 3 is 2.06 bits per heavy atom. The van der Waals surface area contributed by atoms with Crippen LogP contribution >= 0.6 is 34.8 Å². The molecule has 0 radical (unpaired) electrons. The minimum Gasteiger partial charge on any atom is -0.352 e. The molecule has 0 fully saturated rings. The van der Waals surface area contributed by atoms with Crippen LogP contribution in [0.2, 0.25) is 15.1 Å². The second-order valence-electron chi connectivity index (χ2n) is 7.96. The molecule has 0 aliphatic carbocycles. The van der Waals surface area contributed by atoms with Crippen molar-refractivity contribution in [2.45, 2.75) is 45.8 Å². The molecular formula is C23H28Cl3N3O4S. The molecule has 0 saturated carbocycles. The fraction of sp³-hybridized carbons (Fsp3) is 0.391. The lowest BCUT2D eigenvalue weighted by atomic mass is 10.1. The Kier molecular flexibility index (Phi) is 10.1. The van der Waals surface area contributed by atoms with E-state index >= 15 is 0 Å². The van der Waals surface area contributed by atoms with Crippen LogP contribution in [0.4, 0.5) is 5.69 Å². The van der Waals surface area contributed by atoms with Gasteiger partial charge < -0.3 is 10.2 Å². The lowest BCUT2D eigenvalue weighted by Crippen LogP contribution is -2.52. The Balaban J connectivity index is 2.43. The molecule has 2 atom stereocenters. The van der Waals surface area contributed by atoms with Crippen molar-refractivity contribution in [2.24, 2.45) is 0 Å². The number of carbonyl (C=O) groups excluding carboxylic acids is 2. The molecule has 186 valence electrons. The van der Waals surface area contributed by atoms with Gasteiger partial charge in [0.25, 0.3) is 0 Å². The first kappa shape index (κ1) is 28.2. The number of benzene rings is 2. The van der Waals surface area contributed by atoms with E-state index in [-0.39, 0.29) is 24.2 Å². The van der Waals surface area contributed by atoms with Crippen molar-refractivity contribution in [3.05, 3.63) is 63.1 Å². The Bertz CT molecular complexity index is 1110. The summed E-state index contributed by atoms with van der Waals surface area (Å²) < 4.78 is 26.0. The van der Waals surface area contributed by atoms with Gasteiger partial charge in [0.05, 0.1) is 11.9 Å². The minimum atomic E-state index is -3.83. The molecule has 0 unspecified atom stereocenters. The third kappa shape index (κ3) is 7.50. The maximum atomic E-state index is 13.5. The summed E-state index contributed by atoms with van der Waals surface area (Å²) >= 11 is 18.6. The van der Waals surface area contributed by atoms with Crippen LogP contribution in [0.5, 0.6) is 0 Å². The number of halogens is 3. The van der Waals surface area contributed by atoms with E-state index in [9.17, 15) is 18.0 Å². The zero-order valence-electron chi connectivity index (χ0n) is 19.4. The lowest BCUT2D eigenvalue weighted by Gasteiger charge is -2.32. The molecule has 2 aromatic carbocycles. The van der Waals surface area contributed by atoms with Crippen molar-refractivity contribution in [2.75, 3.05) is 17.1 Å². The van der Waals surface area contributed by atoms with Gasteiger partial charge in [0, 0.05) is 33.2 Å². The number of hydrogen-bond acceptors (Lipinski definition) is 4. The topological polar surface area (TPSA) is 86.8 Å². The van der Waals surface area contributed by atoms with E-state index in [4.69, 9.17) is 34.8 Å². The van der Waals surface area contributed by atoms with Crippen molar-refractivity contribution in [1.29, 1.82) is 0 Å². The Hall–Kier alpha value is -2.00. The molecule has 0 aromatic heterocycles. The molecule has 11 heteroatoms. The first-order chi connectivity index (χ1) is 15.8. The third-order valence-electron chi connectivity index (χ3n) is 5.35. The van der Waals surface area contributed by atoms with Crippen LogP contribution in [0.15, 0.2) is 42.5 Å². The van der Waals surface area contributed by atoms with Crippen LogP contribution in [0.3, 0.4) is 0 Å². The number of nitrogens with one attached hydrogen (secondary N) is 1. The monoisotopic (exact) mass is 547 g/mol. The molecule has 2 aromatic rings. The summed E-state index contributed by atoms with van der Waals surface area (Å²) in [6.45, 7) is 4.76. The van der Waals surface area contributed by atoms with Gasteiger partial charge in [-0.1, -0.05) is 47.8 Å². The summed E-state index contributed by atoms with van der Waals surface area (Å²) in [5.41, 5.74) is 0.729. The summed E-state index contributed by atoms with van der Waals surface area (Å²) in [4.78, 5) is 27.7. The summed E-state index contributed by atoms with van der Waals surface area (Å²) in [6, 6.07) is 9.99. The Morgan fingerprint density at radius 2 is 1.56 bits per heavy atom. The first-order valence-electron chi connectivity index (χ1n) is 10.6. The highest BCUT2D eigenvalue weighted by molar-refractivity contribution is 7.92. The lowest BCUT2D eigenvalue weighted by molar-refractivity contribution is -0.139. The van der Waals surface area contributed by atoms with E-state index in [2.05, 4.69) is 5.32 Å². The maximum absolute atomic E-state index is 13.5. The van der Waals surface area contributed by atoms with Crippen LogP contribution < -0.4 is 9.62 Å². The van der Waals surface area contributed by atoms with Crippen LogP contribution in [0.1, 0.15) is 32.8 Å². The summed E-state index contributed by atoms with van der Waals surface area (Å²) in [5, 5.41) is 3.94. The zero-order valence-corrected chi connectivity index (χ0v) is 22.5. The zero-order chi connectivity index (χ0) is 25.6. The number of carbonyl (C=O) groups is 2. The number of anilines is 1. The largest absolute Gasteiger partial charge is 0.352 e. The first-order valence-corrected chi connectivity index (χ1v) is 13.6. The SMILES string of the molecule is CC[C@@H](C)NC(=O)[C@@H](C)N(Cc1c(Cl)cccc1Cl)C(=O)CN(c1ccc(Cl)cc1)S(C)(=O)=O. The van der Waals surface area contributed by atoms with Gasteiger partial charge in [-0.3, -0.25) is 13.9 Å². The molecule has 0 aliphatic rings. The van der Waals surface area contributed by atoms with Crippen LogP contribution in [0, 0.1) is 0 Å². The predicted molar refractivity (Wildman–Crippen MR) is 138 cm³/mol. The predicted octanol–water partition coefficient (Wildman–Crippen LogP) is 4.74. The summed E-state index contributed by atoms with van der Waals surface area (Å²) in [7, 11) is -3.83. The molecular weight excluding hydrogens is 521 g/mol. The van der Waals surface area contributed by atoms with E-state index in [1.54, 1.807) is 25.1 Å². The summed E-state index contributed by atoms with van der Waals surface area (Å²) in [5.74, 6) is -0.966. The average molecular weight is 549 g/mol. The molecule has 0 saturated heterocycles. The molecule has 0 bridgehead atoms. The smallest absolute Gasteiger partial charge is 0.244 e. The van der Waals surface area contributed by atoms with Gasteiger partial charge in [-0.25, -0.2) is 8.42 Å². The number of amides is 2. The molecule has 0 spiro atoms. The van der Waals surface area contributed by atoms with Gasteiger partial charge in [0.1, 0.15) is 12.6 Å². The van der Waals surface area contributed by atoms with E-state index < -0.39 is 28.5 Å². The van der Waals surface area contributed by atoms with Crippen LogP contribution in [0.25, 0.3) is 0 Å². The van der Waals surface area contributed by atoms with Gasteiger partial charge in [0.2, 0.25) is 21.8 Å². The van der Waals surface area contributed by atoms with Crippen molar-refractivity contribution in [3.8, 4) is 0 Å². The number of sulfonamides is 1. The van der Waals surface area contributed by atoms with Crippen LogP contribution in [-0.4, -0.2) is 50.0 Å². The van der Waals surface area contributed by atoms with E-state index in [0.29, 0.717) is 27.1 Å². The molecule has 0 aliphatic heterocycles. The number of nitrogens with zero attached hydrogens (tertiary/aromatic N) is 2. The highest BCUT2D eigenvalue weighted by Crippen LogP contribution is 2.27. The Labute approximate surface area is 216 Å². The van der Waals surface area contributed by atoms with E-state index in [0.717, 1.165) is 10.6 Å². The second-order valence-corrected chi connectivity index (χ2v) is 11.1. The van der Waals surface area contributed by atoms with Gasteiger partial charge in [-0.2, -0.15) is 0 Å². The highest BCUT2D eigenvalue weighted by Gasteiger charge is 2.31. The van der Waals surface area contributed by atoms with Crippen molar-refractivity contribution >= 4 is 62.3 Å². The average Bonchev–Trinajstić information content (AvgIpc) is 2.76. The molecule has 2 amide bonds. The van der Waals surface area contributed by atoms with E-state index in [1.165, 1.54) is 29.2 Å². The molecule has 0 heterocycles. The quantitative estimate of drug-likeness (QED) is 0.464. The fourth-order valence-electron chi connectivity index (χ4n) is 3.12. The van der Waals surface area contributed by atoms with E-state index in [1.807, 2.05) is 13.8 Å². The third-order valence-corrected chi connectivity index (χ3v) is 7.45. The second kappa shape index (κ2) is 12.1. The van der Waals surface area contributed by atoms with Gasteiger partial charge in [-0.15, -0.1) is 0 Å². The van der Waals surface area contributed by atoms with Gasteiger partial charge in [0.15, 0.2) is 0 Å². The Morgan fingerprint density at radius 1 is 1.00 bits per heavy atom. The molecule has 34 heavy (non-hydrogen) atoms. The normalized spacial score (nSPS) is 13.1. The van der Waals surface area contributed by atoms with Crippen molar-refractivity contribution < 1.29 is 18.0 Å². The van der Waals surface area contributed by atoms with Gasteiger partial charge >= 0.3 is 0 Å². The minimum absolute atomic E-state index is 0.0787.